The van der Waals surface area contributed by atoms with Gasteiger partial charge in [-0.1, -0.05) is 13.8 Å². The number of aromatic amines is 1. The Kier molecular flexibility index (Phi) is 2.03. The molecule has 0 spiro atoms. The number of hydrogen-bond acceptors (Lipinski definition) is 2. The van der Waals surface area contributed by atoms with Crippen LogP contribution in [0.25, 0.3) is 0 Å². The summed E-state index contributed by atoms with van der Waals surface area (Å²) in [6.45, 7) is 3.49. The monoisotopic (exact) mass is 156 g/mol. The Balaban J connectivity index is 2.85. The van der Waals surface area contributed by atoms with Crippen molar-refractivity contribution in [1.29, 1.82) is 0 Å². The third-order valence-electron chi connectivity index (χ3n) is 1.32. The summed E-state index contributed by atoms with van der Waals surface area (Å²) in [7, 11) is 0. The van der Waals surface area contributed by atoms with Gasteiger partial charge in [0.05, 0.1) is 0 Å². The van der Waals surface area contributed by atoms with Gasteiger partial charge in [0, 0.05) is 12.0 Å². The Morgan fingerprint density at radius 1 is 1.73 bits per heavy atom. The molecule has 3 nitrogen and oxygen atoms in total. The zero-order valence-electron chi connectivity index (χ0n) is 6.39. The van der Waals surface area contributed by atoms with Crippen LogP contribution in [0.1, 0.15) is 24.3 Å². The fraction of sp³-hybridized carbons (Fsp3) is 0.429. The van der Waals surface area contributed by atoms with Gasteiger partial charge in [0.2, 0.25) is 5.95 Å². The predicted molar refractivity (Wildman–Crippen MR) is 37.7 cm³/mol. The molecule has 1 heterocycles. The summed E-state index contributed by atoms with van der Waals surface area (Å²) in [6.07, 6.45) is 0. The molecule has 0 amide bonds. The van der Waals surface area contributed by atoms with Gasteiger partial charge in [0.1, 0.15) is 5.69 Å². The molecule has 11 heavy (non-hydrogen) atoms. The highest BCUT2D eigenvalue weighted by atomic mass is 19.1. The maximum atomic E-state index is 12.3. The third-order valence-corrected chi connectivity index (χ3v) is 1.32. The molecule has 1 N–H and O–H groups in total. The van der Waals surface area contributed by atoms with E-state index in [-0.39, 0.29) is 17.4 Å². The number of Topliss-reactive ketones (excluding diaryl/α,β-unsaturated/α-hetero) is 1. The molecule has 1 rings (SSSR count). The third kappa shape index (κ3) is 1.63. The molecule has 0 atom stereocenters. The normalized spacial score (nSPS) is 10.5. The van der Waals surface area contributed by atoms with Gasteiger partial charge in [-0.3, -0.25) is 9.89 Å². The van der Waals surface area contributed by atoms with Crippen molar-refractivity contribution < 1.29 is 9.18 Å². The molecule has 0 radical (unpaired) electrons. The van der Waals surface area contributed by atoms with Crippen molar-refractivity contribution in [3.63, 3.8) is 0 Å². The number of rotatable bonds is 2. The van der Waals surface area contributed by atoms with Gasteiger partial charge in [-0.05, 0) is 0 Å². The molecule has 0 saturated carbocycles. The second kappa shape index (κ2) is 2.82. The Labute approximate surface area is 63.6 Å². The summed E-state index contributed by atoms with van der Waals surface area (Å²) in [4.78, 5) is 11.1. The van der Waals surface area contributed by atoms with Crippen LogP contribution in [0.2, 0.25) is 0 Å². The number of carbonyl (C=O) groups excluding carboxylic acids is 1. The molecule has 4 heteroatoms. The van der Waals surface area contributed by atoms with E-state index in [4.69, 9.17) is 0 Å². The predicted octanol–water partition coefficient (Wildman–Crippen LogP) is 1.39. The first-order chi connectivity index (χ1) is 5.11. The summed E-state index contributed by atoms with van der Waals surface area (Å²) in [5.41, 5.74) is 0.164. The number of aromatic nitrogens is 2. The Hall–Kier alpha value is -1.19. The summed E-state index contributed by atoms with van der Waals surface area (Å²) < 4.78 is 12.3. The lowest BCUT2D eigenvalue weighted by Crippen LogP contribution is -2.07. The highest BCUT2D eigenvalue weighted by Gasteiger charge is 2.13. The fourth-order valence-corrected chi connectivity index (χ4v) is 0.720. The maximum absolute atomic E-state index is 12.3. The molecule has 0 bridgehead atoms. The van der Waals surface area contributed by atoms with Crippen LogP contribution in [0, 0.1) is 11.9 Å². The first-order valence-corrected chi connectivity index (χ1v) is 3.36. The zero-order valence-corrected chi connectivity index (χ0v) is 6.39. The van der Waals surface area contributed by atoms with Gasteiger partial charge in [-0.15, -0.1) is 0 Å². The number of nitrogens with one attached hydrogen (secondary N) is 1. The summed E-state index contributed by atoms with van der Waals surface area (Å²) >= 11 is 0. The van der Waals surface area contributed by atoms with E-state index in [1.807, 2.05) is 0 Å². The first-order valence-electron chi connectivity index (χ1n) is 3.36. The number of carbonyl (C=O) groups is 1. The smallest absolute Gasteiger partial charge is 0.209 e. The molecular formula is C7H9FN2O. The van der Waals surface area contributed by atoms with Crippen LogP contribution < -0.4 is 0 Å². The van der Waals surface area contributed by atoms with E-state index in [0.29, 0.717) is 0 Å². The molecule has 0 saturated heterocycles. The lowest BCUT2D eigenvalue weighted by molar-refractivity contribution is 0.0934. The number of H-pyrrole nitrogens is 1. The molecule has 0 aliphatic carbocycles. The number of nitrogens with zero attached hydrogens (tertiary/aromatic N) is 1. The Morgan fingerprint density at radius 2 is 2.36 bits per heavy atom. The Bertz CT molecular complexity index is 267. The van der Waals surface area contributed by atoms with Crippen molar-refractivity contribution in [2.75, 3.05) is 0 Å². The van der Waals surface area contributed by atoms with Gasteiger partial charge in [0.15, 0.2) is 5.78 Å². The van der Waals surface area contributed by atoms with Crippen molar-refractivity contribution in [3.05, 3.63) is 17.7 Å². The highest BCUT2D eigenvalue weighted by Crippen LogP contribution is 2.05. The first kappa shape index (κ1) is 7.91. The lowest BCUT2D eigenvalue weighted by atomic mass is 10.1. The number of halogens is 1. The van der Waals surface area contributed by atoms with E-state index in [0.717, 1.165) is 6.07 Å². The number of ketones is 1. The van der Waals surface area contributed by atoms with Crippen molar-refractivity contribution in [1.82, 2.24) is 10.2 Å². The van der Waals surface area contributed by atoms with Crippen LogP contribution in [0.3, 0.4) is 0 Å². The minimum atomic E-state index is -0.575. The van der Waals surface area contributed by atoms with E-state index in [2.05, 4.69) is 10.2 Å². The largest absolute Gasteiger partial charge is 0.292 e. The van der Waals surface area contributed by atoms with Crippen molar-refractivity contribution in [3.8, 4) is 0 Å². The van der Waals surface area contributed by atoms with Gasteiger partial charge < -0.3 is 0 Å². The van der Waals surface area contributed by atoms with E-state index < -0.39 is 5.95 Å². The van der Waals surface area contributed by atoms with Crippen molar-refractivity contribution >= 4 is 5.78 Å². The van der Waals surface area contributed by atoms with E-state index >= 15 is 0 Å². The summed E-state index contributed by atoms with van der Waals surface area (Å²) in [5, 5.41) is 5.55. The van der Waals surface area contributed by atoms with E-state index in [1.54, 1.807) is 13.8 Å². The number of hydrogen-bond donors (Lipinski definition) is 1. The van der Waals surface area contributed by atoms with Crippen LogP contribution in [-0.4, -0.2) is 16.0 Å². The molecule has 1 aromatic rings. The second-order valence-electron chi connectivity index (χ2n) is 2.62. The van der Waals surface area contributed by atoms with Gasteiger partial charge in [-0.2, -0.15) is 9.49 Å². The Morgan fingerprint density at radius 3 is 2.73 bits per heavy atom. The minimum absolute atomic E-state index is 0.141. The van der Waals surface area contributed by atoms with Gasteiger partial charge in [-0.25, -0.2) is 0 Å². The standard InChI is InChI=1S/C7H9FN2O/c1-4(2)7(11)5-3-6(8)10-9-5/h3-4H,1-2H3,(H,9,10). The van der Waals surface area contributed by atoms with Crippen LogP contribution >= 0.6 is 0 Å². The molecule has 1 aromatic heterocycles. The van der Waals surface area contributed by atoms with E-state index in [1.165, 1.54) is 0 Å². The average molecular weight is 156 g/mol. The van der Waals surface area contributed by atoms with Gasteiger partial charge in [0.25, 0.3) is 0 Å². The van der Waals surface area contributed by atoms with Crippen LogP contribution in [0.5, 0.6) is 0 Å². The molecule has 0 aliphatic rings. The van der Waals surface area contributed by atoms with Crippen LogP contribution in [0.15, 0.2) is 6.07 Å². The summed E-state index contributed by atoms with van der Waals surface area (Å²) in [5.74, 6) is -0.864. The quantitative estimate of drug-likeness (QED) is 0.657. The fourth-order valence-electron chi connectivity index (χ4n) is 0.720. The highest BCUT2D eigenvalue weighted by molar-refractivity contribution is 5.95. The average Bonchev–Trinajstić information content (AvgIpc) is 2.34. The molecule has 60 valence electrons. The molecule has 0 aliphatic heterocycles. The van der Waals surface area contributed by atoms with Crippen molar-refractivity contribution in [2.24, 2.45) is 5.92 Å². The van der Waals surface area contributed by atoms with Crippen LogP contribution in [0.4, 0.5) is 4.39 Å². The molecule has 0 aromatic carbocycles. The van der Waals surface area contributed by atoms with E-state index in [9.17, 15) is 9.18 Å². The zero-order chi connectivity index (χ0) is 8.43. The minimum Gasteiger partial charge on any atom is -0.292 e. The van der Waals surface area contributed by atoms with Crippen LogP contribution in [-0.2, 0) is 0 Å². The van der Waals surface area contributed by atoms with Crippen molar-refractivity contribution in [2.45, 2.75) is 13.8 Å². The SMILES string of the molecule is CC(C)C(=O)c1cc(F)[nH]n1. The lowest BCUT2D eigenvalue weighted by Gasteiger charge is -1.96. The maximum Gasteiger partial charge on any atom is 0.209 e. The molecule has 0 unspecified atom stereocenters. The molecule has 0 fully saturated rings. The molecular weight excluding hydrogens is 147 g/mol. The second-order valence-corrected chi connectivity index (χ2v) is 2.62. The topological polar surface area (TPSA) is 45.8 Å². The van der Waals surface area contributed by atoms with Gasteiger partial charge >= 0.3 is 0 Å². The summed E-state index contributed by atoms with van der Waals surface area (Å²) in [6, 6.07) is 1.10.